The first-order valence-electron chi connectivity index (χ1n) is 9.14. The summed E-state index contributed by atoms with van der Waals surface area (Å²) in [6.45, 7) is 11.3. The molecule has 26 heavy (non-hydrogen) atoms. The maximum atomic E-state index is 10.0. The Morgan fingerprint density at radius 2 is 1.85 bits per heavy atom. The van der Waals surface area contributed by atoms with Gasteiger partial charge in [-0.1, -0.05) is 41.9 Å². The minimum atomic E-state index is 0.0858. The van der Waals surface area contributed by atoms with Crippen molar-refractivity contribution in [2.45, 2.75) is 32.0 Å². The van der Waals surface area contributed by atoms with Gasteiger partial charge in [0.1, 0.15) is 5.75 Å². The predicted molar refractivity (Wildman–Crippen MR) is 109 cm³/mol. The van der Waals surface area contributed by atoms with Crippen LogP contribution in [0.2, 0.25) is 5.02 Å². The van der Waals surface area contributed by atoms with E-state index in [0.29, 0.717) is 17.8 Å². The highest BCUT2D eigenvalue weighted by atomic mass is 35.5. The summed E-state index contributed by atoms with van der Waals surface area (Å²) in [5, 5.41) is 10.8. The van der Waals surface area contributed by atoms with Crippen LogP contribution >= 0.6 is 11.6 Å². The second-order valence-corrected chi connectivity index (χ2v) is 7.62. The molecule has 1 fully saturated rings. The first-order valence-corrected chi connectivity index (χ1v) is 9.52. The van der Waals surface area contributed by atoms with Gasteiger partial charge in [0.15, 0.2) is 0 Å². The van der Waals surface area contributed by atoms with Crippen molar-refractivity contribution in [2.75, 3.05) is 19.6 Å². The molecule has 1 aliphatic heterocycles. The number of halogens is 1. The molecule has 0 aliphatic carbocycles. The number of rotatable bonds is 5. The molecule has 0 bridgehead atoms. The van der Waals surface area contributed by atoms with Crippen LogP contribution in [0.1, 0.15) is 31.0 Å². The fourth-order valence-electron chi connectivity index (χ4n) is 3.92. The molecule has 1 heterocycles. The average Bonchev–Trinajstić information content (AvgIpc) is 2.61. The van der Waals surface area contributed by atoms with Crippen molar-refractivity contribution >= 4 is 11.6 Å². The van der Waals surface area contributed by atoms with Gasteiger partial charge in [0.25, 0.3) is 0 Å². The molecule has 0 amide bonds. The predicted octanol–water partition coefficient (Wildman–Crippen LogP) is 4.72. The fourth-order valence-corrected chi connectivity index (χ4v) is 4.05. The second kappa shape index (κ2) is 8.26. The monoisotopic (exact) mass is 370 g/mol. The SMILES string of the molecule is C=CCN1C[C@@H](C)N([C@H](c2ccc(Cl)cc2)c2cccc(O)c2)C[C@@H]1C. The third kappa shape index (κ3) is 4.12. The van der Waals surface area contributed by atoms with Gasteiger partial charge in [-0.05, 0) is 49.2 Å². The van der Waals surface area contributed by atoms with Crippen molar-refractivity contribution in [3.63, 3.8) is 0 Å². The van der Waals surface area contributed by atoms with E-state index >= 15 is 0 Å². The van der Waals surface area contributed by atoms with Gasteiger partial charge < -0.3 is 5.11 Å². The highest BCUT2D eigenvalue weighted by Crippen LogP contribution is 2.34. The van der Waals surface area contributed by atoms with E-state index < -0.39 is 0 Å². The third-order valence-corrected chi connectivity index (χ3v) is 5.48. The van der Waals surface area contributed by atoms with Gasteiger partial charge in [-0.15, -0.1) is 6.58 Å². The van der Waals surface area contributed by atoms with E-state index in [1.54, 1.807) is 6.07 Å². The van der Waals surface area contributed by atoms with Crippen molar-refractivity contribution in [3.05, 3.63) is 77.3 Å². The molecule has 2 aromatic carbocycles. The van der Waals surface area contributed by atoms with Gasteiger partial charge in [-0.2, -0.15) is 0 Å². The van der Waals surface area contributed by atoms with E-state index in [9.17, 15) is 5.11 Å². The van der Waals surface area contributed by atoms with E-state index in [4.69, 9.17) is 11.6 Å². The van der Waals surface area contributed by atoms with Crippen molar-refractivity contribution in [2.24, 2.45) is 0 Å². The quantitative estimate of drug-likeness (QED) is 0.772. The zero-order valence-electron chi connectivity index (χ0n) is 15.5. The third-order valence-electron chi connectivity index (χ3n) is 5.23. The summed E-state index contributed by atoms with van der Waals surface area (Å²) in [6.07, 6.45) is 1.98. The molecule has 0 saturated carbocycles. The smallest absolute Gasteiger partial charge is 0.115 e. The maximum absolute atomic E-state index is 10.0. The van der Waals surface area contributed by atoms with Crippen molar-refractivity contribution in [1.82, 2.24) is 9.80 Å². The first kappa shape index (κ1) is 19.0. The molecule has 1 N–H and O–H groups in total. The van der Waals surface area contributed by atoms with Crippen LogP contribution in [0.4, 0.5) is 0 Å². The van der Waals surface area contributed by atoms with Crippen LogP contribution in [0.25, 0.3) is 0 Å². The molecule has 0 radical (unpaired) electrons. The maximum Gasteiger partial charge on any atom is 0.115 e. The van der Waals surface area contributed by atoms with Gasteiger partial charge in [0.05, 0.1) is 6.04 Å². The molecular weight excluding hydrogens is 344 g/mol. The summed E-state index contributed by atoms with van der Waals surface area (Å²) in [5.41, 5.74) is 2.29. The van der Waals surface area contributed by atoms with Crippen LogP contribution in [-0.4, -0.2) is 46.6 Å². The summed E-state index contributed by atoms with van der Waals surface area (Å²) in [7, 11) is 0. The van der Waals surface area contributed by atoms with E-state index in [0.717, 1.165) is 30.2 Å². The van der Waals surface area contributed by atoms with E-state index in [1.165, 1.54) is 5.56 Å². The lowest BCUT2D eigenvalue weighted by molar-refractivity contribution is 0.0306. The molecule has 3 atom stereocenters. The molecule has 1 aliphatic rings. The Morgan fingerprint density at radius 3 is 2.50 bits per heavy atom. The molecule has 3 nitrogen and oxygen atoms in total. The van der Waals surface area contributed by atoms with Crippen molar-refractivity contribution in [1.29, 1.82) is 0 Å². The molecule has 3 rings (SSSR count). The fraction of sp³-hybridized carbons (Fsp3) is 0.364. The molecule has 0 aromatic heterocycles. The molecular formula is C22H27ClN2O. The Labute approximate surface area is 161 Å². The summed E-state index contributed by atoms with van der Waals surface area (Å²) in [6, 6.07) is 16.6. The van der Waals surface area contributed by atoms with E-state index in [-0.39, 0.29) is 6.04 Å². The minimum Gasteiger partial charge on any atom is -0.508 e. The summed E-state index contributed by atoms with van der Waals surface area (Å²) < 4.78 is 0. The number of phenolic OH excluding ortho intramolecular Hbond substituents is 1. The van der Waals surface area contributed by atoms with Crippen molar-refractivity contribution < 1.29 is 5.11 Å². The van der Waals surface area contributed by atoms with Crippen LogP contribution in [0, 0.1) is 0 Å². The standard InChI is InChI=1S/C22H27ClN2O/c1-4-12-24-14-17(3)25(15-16(24)2)22(18-8-10-20(23)11-9-18)19-6-5-7-21(26)13-19/h4-11,13,16-17,22,26H,1,12,14-15H2,2-3H3/t16-,17+,22+/m0/s1. The van der Waals surface area contributed by atoms with Crippen molar-refractivity contribution in [3.8, 4) is 5.75 Å². The van der Waals surface area contributed by atoms with E-state index in [2.05, 4.69) is 48.4 Å². The van der Waals surface area contributed by atoms with Gasteiger partial charge >= 0.3 is 0 Å². The normalized spacial score (nSPS) is 22.9. The number of hydrogen-bond donors (Lipinski definition) is 1. The summed E-state index contributed by atoms with van der Waals surface area (Å²) in [5.74, 6) is 0.299. The lowest BCUT2D eigenvalue weighted by Gasteiger charge is -2.47. The number of phenols is 1. The van der Waals surface area contributed by atoms with Crippen LogP contribution in [0.3, 0.4) is 0 Å². The van der Waals surface area contributed by atoms with Crippen LogP contribution in [0.5, 0.6) is 5.75 Å². The molecule has 0 unspecified atom stereocenters. The van der Waals surface area contributed by atoms with Gasteiger partial charge in [-0.25, -0.2) is 0 Å². The number of hydrogen-bond acceptors (Lipinski definition) is 3. The summed E-state index contributed by atoms with van der Waals surface area (Å²) >= 11 is 6.11. The summed E-state index contributed by atoms with van der Waals surface area (Å²) in [4.78, 5) is 5.00. The molecule has 0 spiro atoms. The zero-order chi connectivity index (χ0) is 18.7. The molecule has 2 aromatic rings. The Balaban J connectivity index is 1.98. The average molecular weight is 371 g/mol. The Hall–Kier alpha value is -1.81. The number of piperazine rings is 1. The number of nitrogens with zero attached hydrogens (tertiary/aromatic N) is 2. The van der Waals surface area contributed by atoms with Gasteiger partial charge in [0, 0.05) is 36.7 Å². The zero-order valence-corrected chi connectivity index (χ0v) is 16.2. The largest absolute Gasteiger partial charge is 0.508 e. The van der Waals surface area contributed by atoms with Gasteiger partial charge in [-0.3, -0.25) is 9.80 Å². The second-order valence-electron chi connectivity index (χ2n) is 7.19. The topological polar surface area (TPSA) is 26.7 Å². The highest BCUT2D eigenvalue weighted by Gasteiger charge is 2.34. The van der Waals surface area contributed by atoms with Gasteiger partial charge in [0.2, 0.25) is 0 Å². The highest BCUT2D eigenvalue weighted by molar-refractivity contribution is 6.30. The first-order chi connectivity index (χ1) is 12.5. The van der Waals surface area contributed by atoms with Crippen LogP contribution in [-0.2, 0) is 0 Å². The number of benzene rings is 2. The number of aromatic hydroxyl groups is 1. The molecule has 4 heteroatoms. The van der Waals surface area contributed by atoms with E-state index in [1.807, 2.05) is 30.3 Å². The molecule has 138 valence electrons. The lowest BCUT2D eigenvalue weighted by atomic mass is 9.93. The Kier molecular flexibility index (Phi) is 6.02. The minimum absolute atomic E-state index is 0.0858. The molecule has 1 saturated heterocycles. The Bertz CT molecular complexity index is 746. The van der Waals surface area contributed by atoms with Crippen LogP contribution in [0.15, 0.2) is 61.2 Å². The lowest BCUT2D eigenvalue weighted by Crippen LogP contribution is -2.57. The Morgan fingerprint density at radius 1 is 1.12 bits per heavy atom. The van der Waals surface area contributed by atoms with Crippen LogP contribution < -0.4 is 0 Å².